The zero-order chi connectivity index (χ0) is 31.9. The Kier molecular flexibility index (Phi) is 8.13. The minimum atomic E-state index is 0. The summed E-state index contributed by atoms with van der Waals surface area (Å²) < 4.78 is 0. The molecule has 2 aliphatic rings. The molecule has 9 rings (SSSR count). The molecule has 5 heterocycles. The van der Waals surface area contributed by atoms with Crippen molar-refractivity contribution in [3.05, 3.63) is 168 Å². The van der Waals surface area contributed by atoms with Crippen LogP contribution < -0.4 is 9.97 Å². The van der Waals surface area contributed by atoms with E-state index in [1.807, 2.05) is 24.3 Å². The van der Waals surface area contributed by atoms with Crippen molar-refractivity contribution >= 4 is 69.4 Å². The van der Waals surface area contributed by atoms with Gasteiger partial charge in [-0.3, -0.25) is 0 Å². The van der Waals surface area contributed by atoms with Crippen molar-refractivity contribution in [3.8, 4) is 44.5 Å². The molecule has 8 bridgehead atoms. The number of nitrogens with zero attached hydrogens (tertiary/aromatic N) is 4. The predicted molar refractivity (Wildman–Crippen MR) is 204 cm³/mol. The molecule has 4 aromatic carbocycles. The van der Waals surface area contributed by atoms with E-state index in [9.17, 15) is 0 Å². The summed E-state index contributed by atoms with van der Waals surface area (Å²) in [6.07, 6.45) is 8.41. The summed E-state index contributed by atoms with van der Waals surface area (Å²) in [6.45, 7) is 0. The number of benzene rings is 4. The maximum Gasteiger partial charge on any atom is 2.00 e. The quantitative estimate of drug-likeness (QED) is 0.180. The summed E-state index contributed by atoms with van der Waals surface area (Å²) in [4.78, 5) is 21.2. The van der Waals surface area contributed by atoms with Crippen LogP contribution in [-0.4, -0.2) is 33.0 Å². The molecule has 0 radical (unpaired) electrons. The van der Waals surface area contributed by atoms with Crippen LogP contribution >= 0.6 is 0 Å². The van der Waals surface area contributed by atoms with E-state index in [1.54, 1.807) is 0 Å². The minimum absolute atomic E-state index is 0. The topological polar surface area (TPSA) is 54.0 Å². The molecule has 4 nitrogen and oxygen atoms in total. The van der Waals surface area contributed by atoms with Crippen molar-refractivity contribution in [2.45, 2.75) is 0 Å². The van der Waals surface area contributed by atoms with Crippen LogP contribution in [-0.2, 0) is 0 Å². The second kappa shape index (κ2) is 13.0. The van der Waals surface area contributed by atoms with E-state index in [1.165, 1.54) is 0 Å². The van der Waals surface area contributed by atoms with Gasteiger partial charge < -0.3 is 9.97 Å². The molecule has 0 amide bonds. The summed E-state index contributed by atoms with van der Waals surface area (Å²) >= 11 is 0. The Hall–Kier alpha value is -5.75. The molecule has 3 aromatic heterocycles. The van der Waals surface area contributed by atoms with E-state index in [4.69, 9.17) is 19.9 Å². The Labute approximate surface area is 300 Å². The Balaban J connectivity index is 0.00000348. The van der Waals surface area contributed by atoms with Crippen molar-refractivity contribution in [3.63, 3.8) is 0 Å². The van der Waals surface area contributed by atoms with Crippen LogP contribution in [0.5, 0.6) is 0 Å². The molecule has 0 N–H and O–H groups in total. The molecular formula is C44H28MgN4. The smallest absolute Gasteiger partial charge is 0.657 e. The molecule has 0 spiro atoms. The average molecular weight is 637 g/mol. The summed E-state index contributed by atoms with van der Waals surface area (Å²) in [7, 11) is 0. The van der Waals surface area contributed by atoms with E-state index in [0.717, 1.165) is 89.4 Å². The number of rotatable bonds is 4. The van der Waals surface area contributed by atoms with Gasteiger partial charge in [0, 0.05) is 0 Å². The minimum Gasteiger partial charge on any atom is -0.657 e. The molecule has 0 unspecified atom stereocenters. The third kappa shape index (κ3) is 5.63. The average Bonchev–Trinajstić information content (AvgIpc) is 3.98. The van der Waals surface area contributed by atoms with Gasteiger partial charge in [0.25, 0.3) is 0 Å². The van der Waals surface area contributed by atoms with E-state index in [-0.39, 0.29) is 23.1 Å². The Morgan fingerprint density at radius 1 is 0.286 bits per heavy atom. The van der Waals surface area contributed by atoms with Crippen molar-refractivity contribution in [1.82, 2.24) is 19.9 Å². The molecular weight excluding hydrogens is 609 g/mol. The standard InChI is InChI=1S/C44H28N4.Mg/c1-5-13-29(14-6-1)41-33-21-23-35(45-33)42(30-15-7-2-8-16-30)37-25-27-39(47-37)44(32-19-11-4-12-20-32)40-28-26-38(48-40)43(31-17-9-3-10-18-31)36-24-22-34(41)46-36;/h1-28H;/q-2;+2. The summed E-state index contributed by atoms with van der Waals surface area (Å²) in [5.74, 6) is 0. The maximum absolute atomic E-state index is 5.31. The van der Waals surface area contributed by atoms with Gasteiger partial charge >= 0.3 is 23.1 Å². The van der Waals surface area contributed by atoms with Crippen LogP contribution in [0.3, 0.4) is 0 Å². The van der Waals surface area contributed by atoms with Crippen molar-refractivity contribution in [2.24, 2.45) is 0 Å². The van der Waals surface area contributed by atoms with Crippen LogP contribution in [0.25, 0.3) is 90.9 Å². The first-order valence-electron chi connectivity index (χ1n) is 16.1. The largest absolute Gasteiger partial charge is 2.00 e. The third-order valence-electron chi connectivity index (χ3n) is 8.86. The van der Waals surface area contributed by atoms with Crippen molar-refractivity contribution in [1.29, 1.82) is 0 Å². The van der Waals surface area contributed by atoms with Crippen LogP contribution in [0.1, 0.15) is 22.8 Å². The molecule has 0 saturated heterocycles. The van der Waals surface area contributed by atoms with E-state index >= 15 is 0 Å². The molecule has 49 heavy (non-hydrogen) atoms. The Bertz CT molecular complexity index is 2180. The number of aromatic nitrogens is 4. The second-order valence-corrected chi connectivity index (χ2v) is 11.8. The van der Waals surface area contributed by atoms with Crippen LogP contribution in [0.2, 0.25) is 0 Å². The van der Waals surface area contributed by atoms with Gasteiger partial charge in [-0.15, -0.1) is 22.1 Å². The first kappa shape index (κ1) is 30.6. The van der Waals surface area contributed by atoms with Gasteiger partial charge in [0.2, 0.25) is 0 Å². The number of hydrogen-bond donors (Lipinski definition) is 0. The first-order chi connectivity index (χ1) is 23.8. The molecule has 7 aromatic rings. The van der Waals surface area contributed by atoms with Crippen LogP contribution in [0.15, 0.2) is 146 Å². The van der Waals surface area contributed by atoms with Gasteiger partial charge in [-0.2, -0.15) is 0 Å². The monoisotopic (exact) mass is 636 g/mol. The van der Waals surface area contributed by atoms with Crippen molar-refractivity contribution < 1.29 is 0 Å². The summed E-state index contributed by atoms with van der Waals surface area (Å²) in [5.41, 5.74) is 15.0. The van der Waals surface area contributed by atoms with Gasteiger partial charge in [0.1, 0.15) is 0 Å². The molecule has 0 saturated carbocycles. The normalized spacial score (nSPS) is 11.8. The predicted octanol–water partition coefficient (Wildman–Crippen LogP) is 10.2. The van der Waals surface area contributed by atoms with E-state index in [2.05, 4.69) is 146 Å². The van der Waals surface area contributed by atoms with Gasteiger partial charge in [-0.1, -0.05) is 146 Å². The van der Waals surface area contributed by atoms with Gasteiger partial charge in [-0.25, -0.2) is 9.97 Å². The molecule has 2 aliphatic heterocycles. The van der Waals surface area contributed by atoms with E-state index < -0.39 is 0 Å². The zero-order valence-corrected chi connectivity index (χ0v) is 28.1. The first-order valence-corrected chi connectivity index (χ1v) is 16.1. The fraction of sp³-hybridized carbons (Fsp3) is 0. The second-order valence-electron chi connectivity index (χ2n) is 11.8. The number of fused-ring (bicyclic) bond motifs is 8. The Morgan fingerprint density at radius 2 is 0.510 bits per heavy atom. The van der Waals surface area contributed by atoms with Gasteiger partial charge in [0.05, 0.1) is 22.8 Å². The van der Waals surface area contributed by atoms with Gasteiger partial charge in [0.15, 0.2) is 0 Å². The molecule has 0 atom stereocenters. The summed E-state index contributed by atoms with van der Waals surface area (Å²) in [6, 6.07) is 50.0. The molecule has 0 fully saturated rings. The SMILES string of the molecule is C1=Cc2nc1c(-c1ccccc1)c1ccc([n-]1)c(-c1ccccc1)c1nc(c(-c3ccccc3)c3ccc([n-]3)c2-c2ccccc2)C=C1.[Mg+2]. The van der Waals surface area contributed by atoms with Crippen molar-refractivity contribution in [2.75, 3.05) is 0 Å². The molecule has 226 valence electrons. The van der Waals surface area contributed by atoms with Crippen LogP contribution in [0, 0.1) is 0 Å². The van der Waals surface area contributed by atoms with Crippen LogP contribution in [0.4, 0.5) is 0 Å². The molecule has 5 heteroatoms. The molecule has 0 aliphatic carbocycles. The number of hydrogen-bond acceptors (Lipinski definition) is 2. The fourth-order valence-corrected chi connectivity index (χ4v) is 6.69. The maximum atomic E-state index is 5.31. The van der Waals surface area contributed by atoms with E-state index in [0.29, 0.717) is 0 Å². The van der Waals surface area contributed by atoms with Gasteiger partial charge in [-0.05, 0) is 68.8 Å². The fourth-order valence-electron chi connectivity index (χ4n) is 6.69. The summed E-state index contributed by atoms with van der Waals surface area (Å²) in [5, 5.41) is 0. The third-order valence-corrected chi connectivity index (χ3v) is 8.86. The zero-order valence-electron chi connectivity index (χ0n) is 26.7. The Morgan fingerprint density at radius 3 is 0.735 bits per heavy atom.